The van der Waals surface area contributed by atoms with Crippen LogP contribution in [0.25, 0.3) is 0 Å². The van der Waals surface area contributed by atoms with Crippen LogP contribution >= 0.6 is 15.9 Å². The van der Waals surface area contributed by atoms with E-state index in [1.165, 1.54) is 5.57 Å². The van der Waals surface area contributed by atoms with Crippen LogP contribution in [0, 0.1) is 0 Å². The number of ether oxygens (including phenoxy) is 1. The molecule has 0 rings (SSSR count). The summed E-state index contributed by atoms with van der Waals surface area (Å²) in [7, 11) is 1.76. The summed E-state index contributed by atoms with van der Waals surface area (Å²) in [6.07, 6.45) is 7.57. The van der Waals surface area contributed by atoms with Crippen LogP contribution in [0.2, 0.25) is 0 Å². The van der Waals surface area contributed by atoms with E-state index in [2.05, 4.69) is 35.5 Å². The van der Waals surface area contributed by atoms with Gasteiger partial charge in [-0.1, -0.05) is 33.7 Å². The molecular formula is C11H19BrO. The fourth-order valence-electron chi connectivity index (χ4n) is 1.14. The second-order valence-electron chi connectivity index (χ2n) is 3.13. The molecule has 1 atom stereocenters. The molecule has 1 nitrogen and oxygen atoms in total. The third-order valence-corrected chi connectivity index (χ3v) is 2.37. The Labute approximate surface area is 90.0 Å². The first-order chi connectivity index (χ1) is 6.24. The van der Waals surface area contributed by atoms with Crippen molar-refractivity contribution in [3.63, 3.8) is 0 Å². The maximum absolute atomic E-state index is 5.31. The maximum atomic E-state index is 5.31. The summed E-state index contributed by atoms with van der Waals surface area (Å²) in [5.74, 6) is 0. The predicted molar refractivity (Wildman–Crippen MR) is 62.4 cm³/mol. The first-order valence-corrected chi connectivity index (χ1v) is 5.72. The van der Waals surface area contributed by atoms with Gasteiger partial charge in [0.1, 0.15) is 0 Å². The lowest BCUT2D eigenvalue weighted by Crippen LogP contribution is -2.08. The third kappa shape index (κ3) is 7.03. The number of hydrogen-bond donors (Lipinski definition) is 0. The summed E-state index contributed by atoms with van der Waals surface area (Å²) in [6.45, 7) is 5.86. The van der Waals surface area contributed by atoms with Crippen LogP contribution in [-0.4, -0.2) is 18.5 Å². The van der Waals surface area contributed by atoms with Crippen molar-refractivity contribution in [2.75, 3.05) is 12.4 Å². The highest BCUT2D eigenvalue weighted by molar-refractivity contribution is 9.09. The lowest BCUT2D eigenvalue weighted by atomic mass is 10.1. The quantitative estimate of drug-likeness (QED) is 0.492. The first kappa shape index (κ1) is 12.9. The summed E-state index contributed by atoms with van der Waals surface area (Å²) >= 11 is 3.38. The number of allylic oxidation sites excluding steroid dienone is 2. The molecule has 0 N–H and O–H groups in total. The molecule has 0 amide bonds. The van der Waals surface area contributed by atoms with Crippen molar-refractivity contribution in [2.24, 2.45) is 0 Å². The number of methoxy groups -OCH3 is 1. The van der Waals surface area contributed by atoms with Gasteiger partial charge in [0.25, 0.3) is 0 Å². The van der Waals surface area contributed by atoms with Gasteiger partial charge in [0.2, 0.25) is 0 Å². The zero-order valence-corrected chi connectivity index (χ0v) is 10.1. The van der Waals surface area contributed by atoms with Crippen LogP contribution in [0.5, 0.6) is 0 Å². The zero-order valence-electron chi connectivity index (χ0n) is 8.55. The van der Waals surface area contributed by atoms with Crippen molar-refractivity contribution >= 4 is 15.9 Å². The molecule has 0 bridgehead atoms. The highest BCUT2D eigenvalue weighted by Crippen LogP contribution is 2.12. The minimum atomic E-state index is 0.330. The zero-order chi connectivity index (χ0) is 10.1. The van der Waals surface area contributed by atoms with E-state index >= 15 is 0 Å². The van der Waals surface area contributed by atoms with Crippen molar-refractivity contribution in [3.8, 4) is 0 Å². The molecule has 0 aromatic carbocycles. The second-order valence-corrected chi connectivity index (χ2v) is 3.77. The molecule has 13 heavy (non-hydrogen) atoms. The Kier molecular flexibility index (Phi) is 8.46. The Bertz CT molecular complexity index is 163. The second kappa shape index (κ2) is 8.52. The highest BCUT2D eigenvalue weighted by Gasteiger charge is 2.04. The molecule has 0 heterocycles. The topological polar surface area (TPSA) is 9.23 Å². The number of rotatable bonds is 7. The standard InChI is InChI=1S/C11H19BrO/c1-4-5-11(13-3)7-6-10(2)8-9-12/h4,8,11H,1,5-7,9H2,2-3H3/b10-8+/t11-/m0/s1. The van der Waals surface area contributed by atoms with Gasteiger partial charge in [0.05, 0.1) is 6.10 Å². The van der Waals surface area contributed by atoms with Crippen LogP contribution in [0.1, 0.15) is 26.2 Å². The Morgan fingerprint density at radius 1 is 1.62 bits per heavy atom. The average Bonchev–Trinajstić information content (AvgIpc) is 2.12. The minimum Gasteiger partial charge on any atom is -0.381 e. The third-order valence-electron chi connectivity index (χ3n) is 2.05. The van der Waals surface area contributed by atoms with E-state index in [9.17, 15) is 0 Å². The highest BCUT2D eigenvalue weighted by atomic mass is 79.9. The predicted octanol–water partition coefficient (Wildman–Crippen LogP) is 3.70. The van der Waals surface area contributed by atoms with Crippen molar-refractivity contribution < 1.29 is 4.74 Å². The van der Waals surface area contributed by atoms with E-state index in [1.807, 2.05) is 6.08 Å². The van der Waals surface area contributed by atoms with Gasteiger partial charge in [-0.25, -0.2) is 0 Å². The van der Waals surface area contributed by atoms with Crippen LogP contribution in [0.4, 0.5) is 0 Å². The Balaban J connectivity index is 3.70. The van der Waals surface area contributed by atoms with Crippen LogP contribution in [-0.2, 0) is 4.74 Å². The number of halogens is 1. The molecule has 0 saturated heterocycles. The molecule has 76 valence electrons. The normalized spacial score (nSPS) is 14.2. The van der Waals surface area contributed by atoms with Gasteiger partial charge >= 0.3 is 0 Å². The smallest absolute Gasteiger partial charge is 0.0608 e. The molecule has 0 unspecified atom stereocenters. The molecule has 0 aliphatic rings. The van der Waals surface area contributed by atoms with Crippen molar-refractivity contribution in [3.05, 3.63) is 24.3 Å². The van der Waals surface area contributed by atoms with Gasteiger partial charge < -0.3 is 4.74 Å². The first-order valence-electron chi connectivity index (χ1n) is 4.59. The molecule has 0 fully saturated rings. The van der Waals surface area contributed by atoms with E-state index in [0.29, 0.717) is 6.10 Å². The van der Waals surface area contributed by atoms with Gasteiger partial charge in [0.15, 0.2) is 0 Å². The van der Waals surface area contributed by atoms with E-state index in [1.54, 1.807) is 7.11 Å². The Morgan fingerprint density at radius 2 is 2.31 bits per heavy atom. The average molecular weight is 247 g/mol. The van der Waals surface area contributed by atoms with Crippen molar-refractivity contribution in [2.45, 2.75) is 32.3 Å². The van der Waals surface area contributed by atoms with Gasteiger partial charge in [0, 0.05) is 12.4 Å². The molecule has 0 aliphatic heterocycles. The fraction of sp³-hybridized carbons (Fsp3) is 0.636. The van der Waals surface area contributed by atoms with E-state index in [4.69, 9.17) is 4.74 Å². The largest absolute Gasteiger partial charge is 0.381 e. The molecular weight excluding hydrogens is 228 g/mol. The molecule has 2 heteroatoms. The molecule has 0 aromatic heterocycles. The van der Waals surface area contributed by atoms with Gasteiger partial charge in [-0.05, 0) is 26.2 Å². The summed E-state index contributed by atoms with van der Waals surface area (Å²) in [5, 5.41) is 0.942. The molecule has 0 radical (unpaired) electrons. The van der Waals surface area contributed by atoms with Crippen LogP contribution in [0.3, 0.4) is 0 Å². The van der Waals surface area contributed by atoms with Crippen molar-refractivity contribution in [1.29, 1.82) is 0 Å². The molecule has 0 aliphatic carbocycles. The maximum Gasteiger partial charge on any atom is 0.0608 e. The summed E-state index contributed by atoms with van der Waals surface area (Å²) in [4.78, 5) is 0. The van der Waals surface area contributed by atoms with E-state index < -0.39 is 0 Å². The number of hydrogen-bond acceptors (Lipinski definition) is 1. The monoisotopic (exact) mass is 246 g/mol. The SMILES string of the molecule is C=CC[C@@H](CC/C(C)=C/CBr)OC. The molecule has 0 spiro atoms. The van der Waals surface area contributed by atoms with Gasteiger partial charge in [-0.2, -0.15) is 0 Å². The minimum absolute atomic E-state index is 0.330. The van der Waals surface area contributed by atoms with E-state index in [0.717, 1.165) is 24.6 Å². The van der Waals surface area contributed by atoms with Crippen LogP contribution in [0.15, 0.2) is 24.3 Å². The summed E-state index contributed by atoms with van der Waals surface area (Å²) in [6, 6.07) is 0. The summed E-state index contributed by atoms with van der Waals surface area (Å²) in [5.41, 5.74) is 1.42. The Morgan fingerprint density at radius 3 is 2.77 bits per heavy atom. The van der Waals surface area contributed by atoms with Crippen molar-refractivity contribution in [1.82, 2.24) is 0 Å². The van der Waals surface area contributed by atoms with Crippen LogP contribution < -0.4 is 0 Å². The summed E-state index contributed by atoms with van der Waals surface area (Å²) < 4.78 is 5.31. The number of alkyl halides is 1. The lowest BCUT2D eigenvalue weighted by Gasteiger charge is -2.12. The van der Waals surface area contributed by atoms with Gasteiger partial charge in [-0.3, -0.25) is 0 Å². The molecule has 0 saturated carbocycles. The fourth-order valence-corrected chi connectivity index (χ4v) is 1.69. The lowest BCUT2D eigenvalue weighted by molar-refractivity contribution is 0.0981. The van der Waals surface area contributed by atoms with E-state index in [-0.39, 0.29) is 0 Å². The van der Waals surface area contributed by atoms with Gasteiger partial charge in [-0.15, -0.1) is 6.58 Å². The Hall–Kier alpha value is -0.0800. The molecule has 0 aromatic rings.